The monoisotopic (exact) mass is 306 g/mol. The van der Waals surface area contributed by atoms with Gasteiger partial charge in [0.1, 0.15) is 0 Å². The Kier molecular flexibility index (Phi) is 5.57. The van der Waals surface area contributed by atoms with Gasteiger partial charge >= 0.3 is 6.03 Å². The minimum Gasteiger partial charge on any atom is -0.333 e. The Hall–Kier alpha value is -1.16. The van der Waals surface area contributed by atoms with Gasteiger partial charge in [0.25, 0.3) is 0 Å². The highest BCUT2D eigenvalue weighted by molar-refractivity contribution is 7.99. The van der Waals surface area contributed by atoms with Crippen molar-refractivity contribution in [3.05, 3.63) is 30.3 Å². The van der Waals surface area contributed by atoms with Crippen LogP contribution in [0.3, 0.4) is 0 Å². The fraction of sp³-hybridized carbons (Fsp3) is 0.588. The second-order valence-electron chi connectivity index (χ2n) is 6.76. The number of thioether (sulfide) groups is 1. The van der Waals surface area contributed by atoms with Gasteiger partial charge in [0.2, 0.25) is 0 Å². The van der Waals surface area contributed by atoms with E-state index < -0.39 is 0 Å². The van der Waals surface area contributed by atoms with E-state index in [1.54, 1.807) is 0 Å². The van der Waals surface area contributed by atoms with Crippen LogP contribution in [0.25, 0.3) is 0 Å². The highest BCUT2D eigenvalue weighted by Crippen LogP contribution is 2.25. The zero-order valence-corrected chi connectivity index (χ0v) is 14.1. The smallest absolute Gasteiger partial charge is 0.317 e. The minimum atomic E-state index is -0.164. The number of nitrogens with zero attached hydrogens (tertiary/aromatic N) is 1. The molecule has 0 spiro atoms. The molecular formula is C17H26N2OS. The number of benzene rings is 1. The lowest BCUT2D eigenvalue weighted by Gasteiger charge is -2.35. The molecule has 4 heteroatoms. The van der Waals surface area contributed by atoms with Crippen LogP contribution < -0.4 is 5.32 Å². The van der Waals surface area contributed by atoms with E-state index in [2.05, 4.69) is 29.6 Å². The molecule has 1 heterocycles. The van der Waals surface area contributed by atoms with Crippen molar-refractivity contribution in [1.29, 1.82) is 0 Å². The number of nitrogens with one attached hydrogen (secondary N) is 1. The summed E-state index contributed by atoms with van der Waals surface area (Å²) in [6.07, 6.45) is 2.33. The van der Waals surface area contributed by atoms with Crippen LogP contribution in [0.1, 0.15) is 33.6 Å². The van der Waals surface area contributed by atoms with Crippen LogP contribution in [-0.4, -0.2) is 35.3 Å². The average Bonchev–Trinajstić information content (AvgIpc) is 2.45. The summed E-state index contributed by atoms with van der Waals surface area (Å²) < 4.78 is 0. The van der Waals surface area contributed by atoms with Crippen molar-refractivity contribution in [2.24, 2.45) is 5.92 Å². The maximum Gasteiger partial charge on any atom is 0.317 e. The number of urea groups is 1. The largest absolute Gasteiger partial charge is 0.333 e. The van der Waals surface area contributed by atoms with Gasteiger partial charge < -0.3 is 10.2 Å². The lowest BCUT2D eigenvalue weighted by molar-refractivity contribution is 0.163. The zero-order valence-electron chi connectivity index (χ0n) is 13.3. The average molecular weight is 306 g/mol. The molecule has 1 saturated heterocycles. The van der Waals surface area contributed by atoms with Crippen molar-refractivity contribution in [2.45, 2.75) is 44.0 Å². The summed E-state index contributed by atoms with van der Waals surface area (Å²) in [6.45, 7) is 7.84. The standard InChI is InChI=1S/C17H26N2OS/c1-17(2,3)18-16(20)19-11-7-8-14(12-19)13-21-15-9-5-4-6-10-15/h4-6,9-10,14H,7-8,11-13H2,1-3H3,(H,18,20). The first-order valence-corrected chi connectivity index (χ1v) is 8.67. The molecule has 116 valence electrons. The van der Waals surface area contributed by atoms with Crippen molar-refractivity contribution in [3.8, 4) is 0 Å². The molecule has 1 atom stereocenters. The van der Waals surface area contributed by atoms with Gasteiger partial charge in [-0.25, -0.2) is 4.79 Å². The second-order valence-corrected chi connectivity index (χ2v) is 7.85. The predicted octanol–water partition coefficient (Wildman–Crippen LogP) is 4.00. The van der Waals surface area contributed by atoms with E-state index >= 15 is 0 Å². The number of hydrogen-bond donors (Lipinski definition) is 1. The van der Waals surface area contributed by atoms with Gasteiger partial charge in [-0.1, -0.05) is 18.2 Å². The van der Waals surface area contributed by atoms with Crippen LogP contribution in [0, 0.1) is 5.92 Å². The molecule has 2 rings (SSSR count). The molecule has 0 aliphatic carbocycles. The zero-order chi connectivity index (χ0) is 15.3. The number of amides is 2. The fourth-order valence-corrected chi connectivity index (χ4v) is 3.57. The molecular weight excluding hydrogens is 280 g/mol. The van der Waals surface area contributed by atoms with Gasteiger partial charge in [0.15, 0.2) is 0 Å². The fourth-order valence-electron chi connectivity index (χ4n) is 2.52. The lowest BCUT2D eigenvalue weighted by atomic mass is 10.0. The topological polar surface area (TPSA) is 32.3 Å². The molecule has 2 amide bonds. The van der Waals surface area contributed by atoms with E-state index in [-0.39, 0.29) is 11.6 Å². The molecule has 0 aromatic heterocycles. The van der Waals surface area contributed by atoms with Crippen molar-refractivity contribution < 1.29 is 4.79 Å². The van der Waals surface area contributed by atoms with Gasteiger partial charge in [-0.05, 0) is 51.7 Å². The quantitative estimate of drug-likeness (QED) is 0.856. The van der Waals surface area contributed by atoms with E-state index in [0.29, 0.717) is 5.92 Å². The number of piperidine rings is 1. The van der Waals surface area contributed by atoms with Crippen molar-refractivity contribution in [2.75, 3.05) is 18.8 Å². The molecule has 1 aliphatic rings. The maximum atomic E-state index is 12.2. The number of likely N-dealkylation sites (tertiary alicyclic amines) is 1. The van der Waals surface area contributed by atoms with Gasteiger partial charge in [-0.15, -0.1) is 11.8 Å². The van der Waals surface area contributed by atoms with Gasteiger partial charge in [0.05, 0.1) is 0 Å². The van der Waals surface area contributed by atoms with E-state index in [1.165, 1.54) is 11.3 Å². The van der Waals surface area contributed by atoms with Gasteiger partial charge in [0, 0.05) is 29.3 Å². The highest BCUT2D eigenvalue weighted by Gasteiger charge is 2.25. The third kappa shape index (κ3) is 5.62. The SMILES string of the molecule is CC(C)(C)NC(=O)N1CCCC(CSc2ccccc2)C1. The summed E-state index contributed by atoms with van der Waals surface area (Å²) in [6, 6.07) is 10.6. The number of hydrogen-bond acceptors (Lipinski definition) is 2. The molecule has 1 aromatic carbocycles. The van der Waals surface area contributed by atoms with E-state index in [9.17, 15) is 4.79 Å². The van der Waals surface area contributed by atoms with Crippen LogP contribution in [0.15, 0.2) is 35.2 Å². The van der Waals surface area contributed by atoms with Crippen LogP contribution in [0.4, 0.5) is 4.79 Å². The number of carbonyl (C=O) groups is 1. The van der Waals surface area contributed by atoms with Crippen molar-refractivity contribution in [3.63, 3.8) is 0 Å². The Morgan fingerprint density at radius 2 is 2.05 bits per heavy atom. The van der Waals surface area contributed by atoms with Crippen molar-refractivity contribution in [1.82, 2.24) is 10.2 Å². The first kappa shape index (κ1) is 16.2. The summed E-state index contributed by atoms with van der Waals surface area (Å²) in [5, 5.41) is 3.06. The molecule has 0 saturated carbocycles. The van der Waals surface area contributed by atoms with E-state index in [1.807, 2.05) is 43.5 Å². The molecule has 1 fully saturated rings. The Bertz CT molecular complexity index is 456. The predicted molar refractivity (Wildman–Crippen MR) is 89.7 cm³/mol. The Balaban J connectivity index is 1.82. The van der Waals surface area contributed by atoms with Gasteiger partial charge in [-0.2, -0.15) is 0 Å². The van der Waals surface area contributed by atoms with Crippen LogP contribution in [0.2, 0.25) is 0 Å². The summed E-state index contributed by atoms with van der Waals surface area (Å²) in [7, 11) is 0. The molecule has 1 aliphatic heterocycles. The van der Waals surface area contributed by atoms with Gasteiger partial charge in [-0.3, -0.25) is 0 Å². The third-order valence-electron chi connectivity index (χ3n) is 3.52. The van der Waals surface area contributed by atoms with Crippen molar-refractivity contribution >= 4 is 17.8 Å². The molecule has 1 N–H and O–H groups in total. The molecule has 1 aromatic rings. The second kappa shape index (κ2) is 7.21. The Labute approximate surface area is 132 Å². The first-order chi connectivity index (χ1) is 9.94. The molecule has 3 nitrogen and oxygen atoms in total. The summed E-state index contributed by atoms with van der Waals surface area (Å²) in [5.74, 6) is 1.68. The third-order valence-corrected chi connectivity index (χ3v) is 4.76. The molecule has 0 bridgehead atoms. The lowest BCUT2D eigenvalue weighted by Crippen LogP contribution is -2.51. The Morgan fingerprint density at radius 3 is 2.71 bits per heavy atom. The van der Waals surface area contributed by atoms with Crippen LogP contribution >= 0.6 is 11.8 Å². The summed E-state index contributed by atoms with van der Waals surface area (Å²) in [4.78, 5) is 15.5. The van der Waals surface area contributed by atoms with Crippen LogP contribution in [-0.2, 0) is 0 Å². The molecule has 0 radical (unpaired) electrons. The molecule has 1 unspecified atom stereocenters. The van der Waals surface area contributed by atoms with E-state index in [0.717, 1.165) is 25.3 Å². The highest BCUT2D eigenvalue weighted by atomic mass is 32.2. The molecule has 21 heavy (non-hydrogen) atoms. The maximum absolute atomic E-state index is 12.2. The van der Waals surface area contributed by atoms with E-state index in [4.69, 9.17) is 0 Å². The Morgan fingerprint density at radius 1 is 1.33 bits per heavy atom. The van der Waals surface area contributed by atoms with Crippen LogP contribution in [0.5, 0.6) is 0 Å². The number of rotatable bonds is 3. The minimum absolute atomic E-state index is 0.0805. The first-order valence-electron chi connectivity index (χ1n) is 7.69. The summed E-state index contributed by atoms with van der Waals surface area (Å²) >= 11 is 1.90. The normalized spacial score (nSPS) is 19.4. The number of carbonyl (C=O) groups excluding carboxylic acids is 1. The summed E-state index contributed by atoms with van der Waals surface area (Å²) in [5.41, 5.74) is -0.164.